The summed E-state index contributed by atoms with van der Waals surface area (Å²) in [7, 11) is 0. The van der Waals surface area contributed by atoms with Crippen LogP contribution in [0.5, 0.6) is 0 Å². The van der Waals surface area contributed by atoms with Crippen LogP contribution in [-0.4, -0.2) is 20.4 Å². The monoisotopic (exact) mass is 240 g/mol. The highest BCUT2D eigenvalue weighted by atomic mass is 16.3. The van der Waals surface area contributed by atoms with Crippen molar-refractivity contribution in [3.8, 4) is 11.3 Å². The molecule has 3 aromatic heterocycles. The van der Waals surface area contributed by atoms with Crippen LogP contribution in [0.3, 0.4) is 0 Å². The highest BCUT2D eigenvalue weighted by molar-refractivity contribution is 5.70. The number of hydrogen-bond donors (Lipinski definition) is 1. The third-order valence-electron chi connectivity index (χ3n) is 3.16. The van der Waals surface area contributed by atoms with Gasteiger partial charge >= 0.3 is 0 Å². The number of hydrogen-bond acceptors (Lipinski definition) is 4. The maximum absolute atomic E-state index is 5.12. The highest BCUT2D eigenvalue weighted by Crippen LogP contribution is 2.27. The predicted molar refractivity (Wildman–Crippen MR) is 67.3 cm³/mol. The first-order chi connectivity index (χ1) is 8.92. The van der Waals surface area contributed by atoms with Gasteiger partial charge in [0.2, 0.25) is 0 Å². The van der Waals surface area contributed by atoms with Crippen molar-refractivity contribution in [2.75, 3.05) is 5.32 Å². The van der Waals surface area contributed by atoms with Crippen LogP contribution in [-0.2, 0) is 0 Å². The fraction of sp³-hybridized carbons (Fsp3) is 0.231. The molecule has 1 saturated carbocycles. The second-order valence-electron chi connectivity index (χ2n) is 4.54. The molecule has 3 aromatic rings. The van der Waals surface area contributed by atoms with E-state index < -0.39 is 0 Å². The molecule has 5 heteroatoms. The summed E-state index contributed by atoms with van der Waals surface area (Å²) in [5, 5.41) is 3.40. The summed E-state index contributed by atoms with van der Waals surface area (Å²) in [5.41, 5.74) is 2.90. The second-order valence-corrected chi connectivity index (χ2v) is 4.54. The van der Waals surface area contributed by atoms with E-state index in [1.54, 1.807) is 18.7 Å². The van der Waals surface area contributed by atoms with E-state index in [2.05, 4.69) is 15.3 Å². The molecule has 3 heterocycles. The van der Waals surface area contributed by atoms with Gasteiger partial charge in [-0.15, -0.1) is 0 Å². The van der Waals surface area contributed by atoms with Crippen LogP contribution in [0.15, 0.2) is 41.6 Å². The molecule has 1 aliphatic rings. The van der Waals surface area contributed by atoms with Crippen LogP contribution in [0.1, 0.15) is 12.8 Å². The second kappa shape index (κ2) is 3.60. The Morgan fingerprint density at radius 1 is 1.33 bits per heavy atom. The van der Waals surface area contributed by atoms with Crippen molar-refractivity contribution in [1.82, 2.24) is 14.4 Å². The zero-order valence-corrected chi connectivity index (χ0v) is 9.71. The molecule has 0 unspecified atom stereocenters. The van der Waals surface area contributed by atoms with Crippen molar-refractivity contribution in [2.24, 2.45) is 0 Å². The lowest BCUT2D eigenvalue weighted by atomic mass is 10.3. The van der Waals surface area contributed by atoms with Gasteiger partial charge < -0.3 is 9.73 Å². The largest absolute Gasteiger partial charge is 0.472 e. The Hall–Kier alpha value is -2.30. The van der Waals surface area contributed by atoms with Gasteiger partial charge in [-0.05, 0) is 18.9 Å². The fourth-order valence-electron chi connectivity index (χ4n) is 2.07. The summed E-state index contributed by atoms with van der Waals surface area (Å²) < 4.78 is 7.15. The maximum Gasteiger partial charge on any atom is 0.180 e. The maximum atomic E-state index is 5.12. The number of nitrogens with one attached hydrogen (secondary N) is 1. The first kappa shape index (κ1) is 9.70. The minimum absolute atomic E-state index is 0.567. The molecule has 1 N–H and O–H groups in total. The van der Waals surface area contributed by atoms with Crippen LogP contribution >= 0.6 is 0 Å². The molecular weight excluding hydrogens is 228 g/mol. The van der Waals surface area contributed by atoms with E-state index in [1.807, 2.05) is 22.9 Å². The molecule has 0 spiro atoms. The van der Waals surface area contributed by atoms with Gasteiger partial charge in [-0.25, -0.2) is 9.97 Å². The van der Waals surface area contributed by atoms with Gasteiger partial charge in [0.25, 0.3) is 0 Å². The molecule has 0 bridgehead atoms. The number of furan rings is 1. The van der Waals surface area contributed by atoms with Crippen LogP contribution in [0, 0.1) is 0 Å². The van der Waals surface area contributed by atoms with E-state index in [1.165, 1.54) is 12.8 Å². The van der Waals surface area contributed by atoms with Crippen molar-refractivity contribution < 1.29 is 4.42 Å². The fourth-order valence-corrected chi connectivity index (χ4v) is 2.07. The number of nitrogens with zero attached hydrogens (tertiary/aromatic N) is 3. The zero-order chi connectivity index (χ0) is 11.9. The van der Waals surface area contributed by atoms with Crippen molar-refractivity contribution in [3.05, 3.63) is 37.2 Å². The lowest BCUT2D eigenvalue weighted by Crippen LogP contribution is -2.05. The molecule has 90 valence electrons. The first-order valence-electron chi connectivity index (χ1n) is 6.03. The summed E-state index contributed by atoms with van der Waals surface area (Å²) in [6.07, 6.45) is 11.4. The quantitative estimate of drug-likeness (QED) is 0.764. The molecule has 0 saturated heterocycles. The van der Waals surface area contributed by atoms with Crippen molar-refractivity contribution in [1.29, 1.82) is 0 Å². The average Bonchev–Trinajstić information content (AvgIpc) is 2.91. The number of aromatic nitrogens is 3. The van der Waals surface area contributed by atoms with Crippen molar-refractivity contribution >= 4 is 11.5 Å². The topological polar surface area (TPSA) is 55.4 Å². The van der Waals surface area contributed by atoms with Gasteiger partial charge in [0.05, 0.1) is 24.4 Å². The van der Waals surface area contributed by atoms with E-state index in [4.69, 9.17) is 4.42 Å². The van der Waals surface area contributed by atoms with Gasteiger partial charge in [-0.1, -0.05) is 0 Å². The molecule has 1 fully saturated rings. The third kappa shape index (κ3) is 1.48. The number of fused-ring (bicyclic) bond motifs is 1. The van der Waals surface area contributed by atoms with Gasteiger partial charge in [-0.2, -0.15) is 0 Å². The van der Waals surface area contributed by atoms with Crippen LogP contribution in [0.4, 0.5) is 5.82 Å². The number of anilines is 1. The van der Waals surface area contributed by atoms with Crippen LogP contribution < -0.4 is 5.32 Å². The number of imidazole rings is 1. The van der Waals surface area contributed by atoms with E-state index >= 15 is 0 Å². The Morgan fingerprint density at radius 2 is 2.28 bits per heavy atom. The summed E-state index contributed by atoms with van der Waals surface area (Å²) in [6, 6.07) is 2.50. The SMILES string of the molecule is c1cn2c(-c3ccoc3)cnc2c(NC2CC2)n1. The summed E-state index contributed by atoms with van der Waals surface area (Å²) in [4.78, 5) is 8.82. The first-order valence-corrected chi connectivity index (χ1v) is 6.03. The zero-order valence-electron chi connectivity index (χ0n) is 9.71. The molecule has 0 aromatic carbocycles. The normalized spacial score (nSPS) is 15.1. The lowest BCUT2D eigenvalue weighted by molar-refractivity contribution is 0.568. The third-order valence-corrected chi connectivity index (χ3v) is 3.16. The molecule has 4 rings (SSSR count). The minimum atomic E-state index is 0.567. The van der Waals surface area contributed by atoms with E-state index in [0.29, 0.717) is 6.04 Å². The standard InChI is InChI=1S/C13H12N4O/c1-2-10(1)16-12-13-15-7-11(9-3-6-18-8-9)17(13)5-4-14-12/h3-8,10H,1-2H2,(H,14,16). The predicted octanol–water partition coefficient (Wildman–Crippen LogP) is 2.56. The Balaban J connectivity index is 1.86. The molecular formula is C13H12N4O. The molecule has 0 amide bonds. The molecule has 0 aliphatic heterocycles. The summed E-state index contributed by atoms with van der Waals surface area (Å²) in [6.45, 7) is 0. The summed E-state index contributed by atoms with van der Waals surface area (Å²) in [5.74, 6) is 0.856. The Labute approximate surface area is 103 Å². The molecule has 0 atom stereocenters. The van der Waals surface area contributed by atoms with Gasteiger partial charge in [-0.3, -0.25) is 4.40 Å². The lowest BCUT2D eigenvalue weighted by Gasteiger charge is -2.05. The van der Waals surface area contributed by atoms with E-state index in [9.17, 15) is 0 Å². The highest BCUT2D eigenvalue weighted by Gasteiger charge is 2.23. The van der Waals surface area contributed by atoms with Gasteiger partial charge in [0.1, 0.15) is 0 Å². The Bertz CT molecular complexity index is 682. The smallest absolute Gasteiger partial charge is 0.180 e. The van der Waals surface area contributed by atoms with Crippen LogP contribution in [0.25, 0.3) is 16.9 Å². The van der Waals surface area contributed by atoms with Crippen molar-refractivity contribution in [2.45, 2.75) is 18.9 Å². The minimum Gasteiger partial charge on any atom is -0.472 e. The van der Waals surface area contributed by atoms with Crippen LogP contribution in [0.2, 0.25) is 0 Å². The Kier molecular flexibility index (Phi) is 1.94. The molecule has 0 radical (unpaired) electrons. The number of rotatable bonds is 3. The average molecular weight is 240 g/mol. The van der Waals surface area contributed by atoms with Gasteiger partial charge in [0, 0.05) is 24.0 Å². The molecule has 18 heavy (non-hydrogen) atoms. The summed E-state index contributed by atoms with van der Waals surface area (Å²) >= 11 is 0. The van der Waals surface area contributed by atoms with Gasteiger partial charge in [0.15, 0.2) is 11.5 Å². The molecule has 1 aliphatic carbocycles. The van der Waals surface area contributed by atoms with Crippen molar-refractivity contribution in [3.63, 3.8) is 0 Å². The molecule has 5 nitrogen and oxygen atoms in total. The van der Waals surface area contributed by atoms with E-state index in [0.717, 1.165) is 22.7 Å². The van der Waals surface area contributed by atoms with E-state index in [-0.39, 0.29) is 0 Å². The Morgan fingerprint density at radius 3 is 3.06 bits per heavy atom.